The summed E-state index contributed by atoms with van der Waals surface area (Å²) in [5, 5.41) is 5.92. The maximum Gasteiger partial charge on any atom is 0.0495 e. The van der Waals surface area contributed by atoms with Crippen molar-refractivity contribution in [3.05, 3.63) is 42.2 Å². The number of aromatic nitrogens is 2. The molecule has 2 aromatic heterocycles. The smallest absolute Gasteiger partial charge is 0.0495 e. The maximum atomic E-state index is 4.22. The van der Waals surface area contributed by atoms with Gasteiger partial charge in [0.15, 0.2) is 0 Å². The zero-order valence-electron chi connectivity index (χ0n) is 10.8. The van der Waals surface area contributed by atoms with Crippen LogP contribution < -0.4 is 5.32 Å². The molecule has 1 aliphatic heterocycles. The van der Waals surface area contributed by atoms with E-state index in [0.717, 1.165) is 13.1 Å². The van der Waals surface area contributed by atoms with Crippen LogP contribution in [-0.4, -0.2) is 23.1 Å². The Kier molecular flexibility index (Phi) is 2.52. The summed E-state index contributed by atoms with van der Waals surface area (Å²) < 4.78 is 0. The molecule has 0 bridgehead atoms. The number of piperidine rings is 1. The summed E-state index contributed by atoms with van der Waals surface area (Å²) in [6.07, 6.45) is 6.27. The Balaban J connectivity index is 1.84. The summed E-state index contributed by atoms with van der Waals surface area (Å²) >= 11 is 0. The fourth-order valence-corrected chi connectivity index (χ4v) is 3.17. The highest BCUT2D eigenvalue weighted by Crippen LogP contribution is 2.30. The van der Waals surface area contributed by atoms with Crippen LogP contribution in [-0.2, 0) is 0 Å². The molecule has 3 heteroatoms. The van der Waals surface area contributed by atoms with Gasteiger partial charge in [-0.05, 0) is 49.5 Å². The molecule has 3 heterocycles. The number of pyridine rings is 1. The van der Waals surface area contributed by atoms with Crippen LogP contribution in [0.15, 0.2) is 36.7 Å². The molecule has 1 aromatic carbocycles. The molecule has 0 amide bonds. The number of hydrogen-bond acceptors (Lipinski definition) is 2. The lowest BCUT2D eigenvalue weighted by atomic mass is 9.90. The second-order valence-electron chi connectivity index (χ2n) is 5.38. The minimum Gasteiger partial charge on any atom is -0.354 e. The molecule has 4 rings (SSSR count). The highest BCUT2D eigenvalue weighted by atomic mass is 14.9. The largest absolute Gasteiger partial charge is 0.354 e. The van der Waals surface area contributed by atoms with Gasteiger partial charge >= 0.3 is 0 Å². The standard InChI is InChI=1S/C16H17N3/c1-2-13-14-10-18-8-5-15(14)19-16(13)9-12(1)11-3-6-17-7-4-11/h1-2,5,8-11,17,19H,3-4,6-7H2. The molecule has 0 radical (unpaired) electrons. The number of rotatable bonds is 1. The molecule has 3 nitrogen and oxygen atoms in total. The SMILES string of the molecule is c1cc2[nH]c3cc(C4CCNCC4)ccc3c2cn1. The van der Waals surface area contributed by atoms with Gasteiger partial charge in [-0.2, -0.15) is 0 Å². The fourth-order valence-electron chi connectivity index (χ4n) is 3.17. The maximum absolute atomic E-state index is 4.22. The van der Waals surface area contributed by atoms with Crippen LogP contribution in [0.2, 0.25) is 0 Å². The minimum atomic E-state index is 0.704. The van der Waals surface area contributed by atoms with Gasteiger partial charge in [-0.1, -0.05) is 12.1 Å². The molecular weight excluding hydrogens is 234 g/mol. The predicted molar refractivity (Wildman–Crippen MR) is 78.4 cm³/mol. The third-order valence-corrected chi connectivity index (χ3v) is 4.23. The Morgan fingerprint density at radius 1 is 1.00 bits per heavy atom. The third-order valence-electron chi connectivity index (χ3n) is 4.23. The van der Waals surface area contributed by atoms with Gasteiger partial charge in [0.2, 0.25) is 0 Å². The number of fused-ring (bicyclic) bond motifs is 3. The van der Waals surface area contributed by atoms with Crippen molar-refractivity contribution in [2.24, 2.45) is 0 Å². The number of H-pyrrole nitrogens is 1. The lowest BCUT2D eigenvalue weighted by Crippen LogP contribution is -2.26. The van der Waals surface area contributed by atoms with Gasteiger partial charge < -0.3 is 10.3 Å². The van der Waals surface area contributed by atoms with Gasteiger partial charge in [-0.3, -0.25) is 4.98 Å². The van der Waals surface area contributed by atoms with E-state index < -0.39 is 0 Å². The highest BCUT2D eigenvalue weighted by molar-refractivity contribution is 6.06. The Hall–Kier alpha value is -1.87. The summed E-state index contributed by atoms with van der Waals surface area (Å²) in [6, 6.07) is 8.90. The summed E-state index contributed by atoms with van der Waals surface area (Å²) in [4.78, 5) is 7.72. The van der Waals surface area contributed by atoms with E-state index in [1.165, 1.54) is 40.2 Å². The Bertz CT molecular complexity index is 723. The Labute approximate surface area is 112 Å². The first-order chi connectivity index (χ1) is 9.42. The number of aromatic amines is 1. The van der Waals surface area contributed by atoms with Crippen LogP contribution in [0.5, 0.6) is 0 Å². The normalized spacial score (nSPS) is 17.3. The lowest BCUT2D eigenvalue weighted by molar-refractivity contribution is 0.460. The van der Waals surface area contributed by atoms with Crippen molar-refractivity contribution in [2.75, 3.05) is 13.1 Å². The van der Waals surface area contributed by atoms with Gasteiger partial charge in [0.1, 0.15) is 0 Å². The van der Waals surface area contributed by atoms with Crippen LogP contribution in [0, 0.1) is 0 Å². The Morgan fingerprint density at radius 3 is 2.79 bits per heavy atom. The van der Waals surface area contributed by atoms with Gasteiger partial charge in [0.05, 0.1) is 0 Å². The van der Waals surface area contributed by atoms with Crippen molar-refractivity contribution in [2.45, 2.75) is 18.8 Å². The van der Waals surface area contributed by atoms with Crippen molar-refractivity contribution in [3.63, 3.8) is 0 Å². The molecule has 1 aliphatic rings. The van der Waals surface area contributed by atoms with Crippen LogP contribution >= 0.6 is 0 Å². The molecule has 96 valence electrons. The predicted octanol–water partition coefficient (Wildman–Crippen LogP) is 3.18. The van der Waals surface area contributed by atoms with Crippen molar-refractivity contribution >= 4 is 21.8 Å². The van der Waals surface area contributed by atoms with E-state index in [1.807, 2.05) is 18.5 Å². The quantitative estimate of drug-likeness (QED) is 0.697. The summed E-state index contributed by atoms with van der Waals surface area (Å²) in [5.74, 6) is 0.704. The minimum absolute atomic E-state index is 0.704. The second kappa shape index (κ2) is 4.35. The summed E-state index contributed by atoms with van der Waals surface area (Å²) in [6.45, 7) is 2.28. The average Bonchev–Trinajstić information content (AvgIpc) is 2.86. The van der Waals surface area contributed by atoms with Gasteiger partial charge in [0.25, 0.3) is 0 Å². The number of hydrogen-bond donors (Lipinski definition) is 2. The monoisotopic (exact) mass is 251 g/mol. The van der Waals surface area contributed by atoms with E-state index in [9.17, 15) is 0 Å². The average molecular weight is 251 g/mol. The first-order valence-corrected chi connectivity index (χ1v) is 6.98. The van der Waals surface area contributed by atoms with Gasteiger partial charge in [-0.25, -0.2) is 0 Å². The van der Waals surface area contributed by atoms with Gasteiger partial charge in [0, 0.05) is 34.2 Å². The molecular formula is C16H17N3. The summed E-state index contributed by atoms with van der Waals surface area (Å²) in [7, 11) is 0. The van der Waals surface area contributed by atoms with Gasteiger partial charge in [-0.15, -0.1) is 0 Å². The molecule has 3 aromatic rings. The second-order valence-corrected chi connectivity index (χ2v) is 5.38. The van der Waals surface area contributed by atoms with Crippen molar-refractivity contribution in [1.29, 1.82) is 0 Å². The lowest BCUT2D eigenvalue weighted by Gasteiger charge is -2.22. The molecule has 0 aliphatic carbocycles. The molecule has 19 heavy (non-hydrogen) atoms. The zero-order chi connectivity index (χ0) is 12.7. The van der Waals surface area contributed by atoms with E-state index in [4.69, 9.17) is 0 Å². The van der Waals surface area contributed by atoms with E-state index in [2.05, 4.69) is 33.5 Å². The topological polar surface area (TPSA) is 40.7 Å². The molecule has 0 spiro atoms. The fraction of sp³-hybridized carbons (Fsp3) is 0.312. The van der Waals surface area contributed by atoms with Crippen LogP contribution in [0.3, 0.4) is 0 Å². The third kappa shape index (κ3) is 1.81. The van der Waals surface area contributed by atoms with E-state index in [1.54, 1.807) is 0 Å². The molecule has 0 unspecified atom stereocenters. The van der Waals surface area contributed by atoms with Crippen molar-refractivity contribution in [3.8, 4) is 0 Å². The zero-order valence-corrected chi connectivity index (χ0v) is 10.8. The number of benzene rings is 1. The first kappa shape index (κ1) is 11.0. The molecule has 1 saturated heterocycles. The molecule has 0 saturated carbocycles. The van der Waals surface area contributed by atoms with E-state index >= 15 is 0 Å². The van der Waals surface area contributed by atoms with E-state index in [-0.39, 0.29) is 0 Å². The Morgan fingerprint density at radius 2 is 1.89 bits per heavy atom. The van der Waals surface area contributed by atoms with Crippen molar-refractivity contribution in [1.82, 2.24) is 15.3 Å². The molecule has 2 N–H and O–H groups in total. The van der Waals surface area contributed by atoms with Crippen molar-refractivity contribution < 1.29 is 0 Å². The molecule has 1 fully saturated rings. The van der Waals surface area contributed by atoms with Crippen LogP contribution in [0.4, 0.5) is 0 Å². The first-order valence-electron chi connectivity index (χ1n) is 6.98. The highest BCUT2D eigenvalue weighted by Gasteiger charge is 2.16. The number of nitrogens with one attached hydrogen (secondary N) is 2. The van der Waals surface area contributed by atoms with Crippen LogP contribution in [0.1, 0.15) is 24.3 Å². The van der Waals surface area contributed by atoms with E-state index in [0.29, 0.717) is 5.92 Å². The number of nitrogens with zero attached hydrogens (tertiary/aromatic N) is 1. The van der Waals surface area contributed by atoms with Crippen LogP contribution in [0.25, 0.3) is 21.8 Å². The summed E-state index contributed by atoms with van der Waals surface area (Å²) in [5.41, 5.74) is 3.88. The molecule has 0 atom stereocenters.